The minimum absolute atomic E-state index is 0.0266. The molecule has 0 radical (unpaired) electrons. The van der Waals surface area contributed by atoms with E-state index < -0.39 is 0 Å². The van der Waals surface area contributed by atoms with Gasteiger partial charge in [-0.25, -0.2) is 0 Å². The number of pyridine rings is 1. The Morgan fingerprint density at radius 2 is 1.50 bits per heavy atom. The molecule has 0 amide bonds. The number of ketones is 1. The van der Waals surface area contributed by atoms with Gasteiger partial charge in [-0.1, -0.05) is 67.6 Å². The number of nitrogens with zero attached hydrogens (tertiary/aromatic N) is 1. The zero-order valence-corrected chi connectivity index (χ0v) is 18.4. The molecule has 2 aromatic carbocycles. The fourth-order valence-corrected chi connectivity index (χ4v) is 5.39. The first-order valence-electron chi connectivity index (χ1n) is 9.74. The van der Waals surface area contributed by atoms with Crippen molar-refractivity contribution in [1.29, 1.82) is 0 Å². The fraction of sp³-hybridized carbons (Fsp3) is 0.120. The van der Waals surface area contributed by atoms with E-state index in [0.29, 0.717) is 16.8 Å². The number of carbonyl (C=O) groups is 2. The second-order valence-corrected chi connectivity index (χ2v) is 9.11. The number of rotatable bonds is 6. The van der Waals surface area contributed by atoms with Gasteiger partial charge in [0.1, 0.15) is 5.69 Å². The molecule has 0 aliphatic carbocycles. The van der Waals surface area contributed by atoms with Crippen molar-refractivity contribution in [2.45, 2.75) is 23.6 Å². The third kappa shape index (κ3) is 3.95. The maximum absolute atomic E-state index is 13.5. The quantitative estimate of drug-likeness (QED) is 0.257. The van der Waals surface area contributed by atoms with Crippen molar-refractivity contribution in [3.63, 3.8) is 0 Å². The van der Waals surface area contributed by atoms with Crippen molar-refractivity contribution >= 4 is 39.9 Å². The maximum Gasteiger partial charge on any atom is 0.224 e. The molecule has 0 fully saturated rings. The topological polar surface area (TPSA) is 38.5 Å². The molecule has 4 rings (SSSR count). The molecule has 0 aliphatic rings. The molecule has 0 saturated carbocycles. The molecule has 0 aliphatic heterocycles. The Labute approximate surface area is 184 Å². The van der Waals surface area contributed by atoms with Gasteiger partial charge in [-0.3, -0.25) is 9.59 Å². The molecule has 4 aromatic rings. The molecule has 0 atom stereocenters. The lowest BCUT2D eigenvalue weighted by molar-refractivity contribution is 0.102. The Kier molecular flexibility index (Phi) is 6.11. The van der Waals surface area contributed by atoms with Gasteiger partial charge in [-0.2, -0.15) is 0 Å². The van der Waals surface area contributed by atoms with Crippen LogP contribution in [0.15, 0.2) is 88.8 Å². The molecular formula is C25H21NO2S2. The van der Waals surface area contributed by atoms with Gasteiger partial charge in [0.05, 0.1) is 15.3 Å². The highest BCUT2D eigenvalue weighted by Gasteiger charge is 2.26. The highest BCUT2D eigenvalue weighted by atomic mass is 32.2. The summed E-state index contributed by atoms with van der Waals surface area (Å²) in [4.78, 5) is 28.2. The smallest absolute Gasteiger partial charge is 0.224 e. The molecule has 0 unspecified atom stereocenters. The molecule has 5 heteroatoms. The zero-order valence-electron chi connectivity index (χ0n) is 16.8. The first-order chi connectivity index (χ1) is 14.6. The van der Waals surface area contributed by atoms with E-state index in [4.69, 9.17) is 0 Å². The van der Waals surface area contributed by atoms with Gasteiger partial charge in [0.15, 0.2) is 0 Å². The first kappa shape index (κ1) is 20.5. The molecule has 0 N–H and O–H groups in total. The third-order valence-electron chi connectivity index (χ3n) is 4.75. The SMILES string of the molecule is CCSc1c(SC(=O)c2ccccc2)c2cc(C)ccn2c1C(=O)c1ccccc1. The normalized spacial score (nSPS) is 11.0. The number of hydrogen-bond acceptors (Lipinski definition) is 4. The molecule has 0 spiro atoms. The van der Waals surface area contributed by atoms with Crippen molar-refractivity contribution in [2.24, 2.45) is 0 Å². The van der Waals surface area contributed by atoms with E-state index in [1.165, 1.54) is 11.8 Å². The highest BCUT2D eigenvalue weighted by Crippen LogP contribution is 2.41. The summed E-state index contributed by atoms with van der Waals surface area (Å²) in [5, 5.41) is -0.0266. The number of carbonyl (C=O) groups excluding carboxylic acids is 2. The van der Waals surface area contributed by atoms with Crippen LogP contribution in [0.2, 0.25) is 0 Å². The van der Waals surface area contributed by atoms with Gasteiger partial charge in [-0.15, -0.1) is 11.8 Å². The lowest BCUT2D eigenvalue weighted by Crippen LogP contribution is -2.06. The van der Waals surface area contributed by atoms with Crippen LogP contribution in [0.25, 0.3) is 5.52 Å². The van der Waals surface area contributed by atoms with E-state index in [1.54, 1.807) is 11.8 Å². The number of aromatic nitrogens is 1. The fourth-order valence-electron chi connectivity index (χ4n) is 3.35. The van der Waals surface area contributed by atoms with E-state index in [-0.39, 0.29) is 10.9 Å². The van der Waals surface area contributed by atoms with Gasteiger partial charge >= 0.3 is 0 Å². The summed E-state index contributed by atoms with van der Waals surface area (Å²) in [7, 11) is 0. The second kappa shape index (κ2) is 8.94. The molecule has 0 bridgehead atoms. The predicted octanol–water partition coefficient (Wildman–Crippen LogP) is 6.52. The van der Waals surface area contributed by atoms with E-state index >= 15 is 0 Å². The Balaban J connectivity index is 1.90. The van der Waals surface area contributed by atoms with Crippen LogP contribution in [0, 0.1) is 6.92 Å². The average Bonchev–Trinajstić information content (AvgIpc) is 3.07. The highest BCUT2D eigenvalue weighted by molar-refractivity contribution is 8.14. The summed E-state index contributed by atoms with van der Waals surface area (Å²) in [5.74, 6) is 0.766. The maximum atomic E-state index is 13.5. The largest absolute Gasteiger partial charge is 0.311 e. The molecule has 2 heterocycles. The van der Waals surface area contributed by atoms with Gasteiger partial charge in [0.25, 0.3) is 0 Å². The van der Waals surface area contributed by atoms with Crippen molar-refractivity contribution in [3.8, 4) is 0 Å². The first-order valence-corrected chi connectivity index (χ1v) is 11.5. The van der Waals surface area contributed by atoms with Crippen molar-refractivity contribution in [2.75, 3.05) is 5.75 Å². The Morgan fingerprint density at radius 1 is 0.867 bits per heavy atom. The van der Waals surface area contributed by atoms with Crippen molar-refractivity contribution in [3.05, 3.63) is 101 Å². The lowest BCUT2D eigenvalue weighted by Gasteiger charge is -2.06. The number of fused-ring (bicyclic) bond motifs is 1. The number of benzene rings is 2. The van der Waals surface area contributed by atoms with E-state index in [0.717, 1.165) is 26.6 Å². The number of thioether (sulfide) groups is 2. The minimum Gasteiger partial charge on any atom is -0.311 e. The number of aryl methyl sites for hydroxylation is 1. The van der Waals surface area contributed by atoms with Crippen LogP contribution in [0.4, 0.5) is 0 Å². The lowest BCUT2D eigenvalue weighted by atomic mass is 10.1. The van der Waals surface area contributed by atoms with Crippen molar-refractivity contribution < 1.29 is 9.59 Å². The summed E-state index contributed by atoms with van der Waals surface area (Å²) in [6, 6.07) is 22.6. The van der Waals surface area contributed by atoms with Crippen LogP contribution >= 0.6 is 23.5 Å². The van der Waals surface area contributed by atoms with Crippen molar-refractivity contribution in [1.82, 2.24) is 4.40 Å². The third-order valence-corrected chi connectivity index (χ3v) is 6.89. The van der Waals surface area contributed by atoms with Gasteiger partial charge in [0, 0.05) is 17.3 Å². The van der Waals surface area contributed by atoms with Crippen LogP contribution in [-0.4, -0.2) is 21.1 Å². The number of hydrogen-bond donors (Lipinski definition) is 0. The Hall–Kier alpha value is -2.76. The predicted molar refractivity (Wildman–Crippen MR) is 125 cm³/mol. The summed E-state index contributed by atoms with van der Waals surface area (Å²) in [6.45, 7) is 4.08. The second-order valence-electron chi connectivity index (χ2n) is 6.85. The molecule has 2 aromatic heterocycles. The Morgan fingerprint density at radius 3 is 2.13 bits per heavy atom. The van der Waals surface area contributed by atoms with Gasteiger partial charge in [-0.05, 0) is 42.1 Å². The van der Waals surface area contributed by atoms with Crippen LogP contribution in [0.3, 0.4) is 0 Å². The standard InChI is InChI=1S/C25H21NO2S2/c1-3-29-24-21(22(27)18-10-6-4-7-11-18)26-15-14-17(2)16-20(26)23(24)30-25(28)19-12-8-5-9-13-19/h4-16H,3H2,1-2H3. The Bertz CT molecular complexity index is 1210. The summed E-state index contributed by atoms with van der Waals surface area (Å²) < 4.78 is 1.93. The van der Waals surface area contributed by atoms with E-state index in [1.807, 2.05) is 90.3 Å². The molecule has 3 nitrogen and oxygen atoms in total. The van der Waals surface area contributed by atoms with Gasteiger partial charge < -0.3 is 4.40 Å². The summed E-state index contributed by atoms with van der Waals surface area (Å²) in [5.41, 5.74) is 3.88. The van der Waals surface area contributed by atoms with Crippen LogP contribution in [0.1, 0.15) is 38.9 Å². The molecule has 0 saturated heterocycles. The van der Waals surface area contributed by atoms with Gasteiger partial charge in [0.2, 0.25) is 10.9 Å². The zero-order chi connectivity index (χ0) is 21.1. The monoisotopic (exact) mass is 431 g/mol. The van der Waals surface area contributed by atoms with Crippen LogP contribution in [0.5, 0.6) is 0 Å². The van der Waals surface area contributed by atoms with Crippen LogP contribution in [-0.2, 0) is 0 Å². The molecular weight excluding hydrogens is 410 g/mol. The minimum atomic E-state index is -0.0376. The summed E-state index contributed by atoms with van der Waals surface area (Å²) in [6.07, 6.45) is 1.93. The average molecular weight is 432 g/mol. The van der Waals surface area contributed by atoms with Crippen LogP contribution < -0.4 is 0 Å². The van der Waals surface area contributed by atoms with E-state index in [9.17, 15) is 9.59 Å². The van der Waals surface area contributed by atoms with E-state index in [2.05, 4.69) is 6.92 Å². The molecule has 150 valence electrons. The molecule has 30 heavy (non-hydrogen) atoms. The summed E-state index contributed by atoms with van der Waals surface area (Å²) >= 11 is 2.81.